The zero-order chi connectivity index (χ0) is 78.1. The zero-order valence-electron chi connectivity index (χ0n) is 63.3. The number of aliphatic imine (C=N–C) groups is 2. The molecule has 2 unspecified atom stereocenters. The molecule has 576 valence electrons. The number of ether oxygens (including phenoxy) is 6. The SMILES string of the molecule is C=CCc1cc2ccccc2c(-c2c(OC)c(CC(NC(C)=O)C(=O)N[C@@H](CCCN=C(C)N)C(=O)N[C@@H](CC=C)C(=O)OC)cc3ccccc23)c1OC.COC(=O)[C@@H]1CC=CCc2cc3ccccc3c(c2OC)-c2c(OC)c(cc3ccccc23)CC(NC(C)=O)C(=O)N[C@@H](CCCN=C(C)N)C(=O)N1.[Ru]. The van der Waals surface area contributed by atoms with Gasteiger partial charge in [-0.1, -0.05) is 121 Å². The normalized spacial score (nSPS) is 15.4. The molecule has 6 amide bonds. The minimum atomic E-state index is -1.13. The molecule has 10 N–H and O–H groups in total. The molecule has 25 heteroatoms. The Kier molecular flexibility index (Phi) is 31.9. The van der Waals surface area contributed by atoms with Gasteiger partial charge >= 0.3 is 11.9 Å². The van der Waals surface area contributed by atoms with Crippen LogP contribution in [0.4, 0.5) is 0 Å². The summed E-state index contributed by atoms with van der Waals surface area (Å²) in [5.74, 6) is -1.45. The molecular formula is C84H98N10O14Ru. The van der Waals surface area contributed by atoms with Gasteiger partial charge in [0, 0.05) is 81.5 Å². The van der Waals surface area contributed by atoms with Crippen LogP contribution in [0.15, 0.2) is 169 Å². The number of hydrogen-bond donors (Lipinski definition) is 8. The number of nitrogens with one attached hydrogen (secondary N) is 6. The predicted octanol–water partition coefficient (Wildman–Crippen LogP) is 9.85. The number of amides is 6. The van der Waals surface area contributed by atoms with Gasteiger partial charge in [-0.25, -0.2) is 9.59 Å². The van der Waals surface area contributed by atoms with Gasteiger partial charge in [-0.15, -0.1) is 13.2 Å². The van der Waals surface area contributed by atoms with E-state index in [-0.39, 0.29) is 58.0 Å². The monoisotopic (exact) mass is 1570 g/mol. The number of hydrogen-bond acceptors (Lipinski definition) is 16. The first kappa shape index (κ1) is 84.8. The average Bonchev–Trinajstić information content (AvgIpc) is 0.744. The van der Waals surface area contributed by atoms with Crippen molar-refractivity contribution in [3.8, 4) is 45.3 Å². The van der Waals surface area contributed by atoms with Gasteiger partial charge in [-0.2, -0.15) is 0 Å². The van der Waals surface area contributed by atoms with Crippen molar-refractivity contribution >= 4 is 102 Å². The van der Waals surface area contributed by atoms with Crippen molar-refractivity contribution in [1.29, 1.82) is 0 Å². The first-order valence-electron chi connectivity index (χ1n) is 35.7. The smallest absolute Gasteiger partial charge is 0.328 e. The Labute approximate surface area is 648 Å². The average molecular weight is 1570 g/mol. The van der Waals surface area contributed by atoms with Gasteiger partial charge < -0.3 is 71.8 Å². The summed E-state index contributed by atoms with van der Waals surface area (Å²) in [6.07, 6.45) is 9.52. The van der Waals surface area contributed by atoms with Gasteiger partial charge in [-0.3, -0.25) is 38.8 Å². The number of esters is 2. The van der Waals surface area contributed by atoms with Crippen molar-refractivity contribution in [3.05, 3.63) is 181 Å². The summed E-state index contributed by atoms with van der Waals surface area (Å²) in [4.78, 5) is 115. The summed E-state index contributed by atoms with van der Waals surface area (Å²) in [7, 11) is 8.89. The fourth-order valence-electron chi connectivity index (χ4n) is 13.6. The third kappa shape index (κ3) is 21.7. The molecule has 109 heavy (non-hydrogen) atoms. The van der Waals surface area contributed by atoms with Crippen LogP contribution in [0.3, 0.4) is 0 Å². The van der Waals surface area contributed by atoms with Crippen molar-refractivity contribution < 1.29 is 86.3 Å². The maximum Gasteiger partial charge on any atom is 0.328 e. The van der Waals surface area contributed by atoms with E-state index < -0.39 is 83.6 Å². The number of nitrogens with two attached hydrogens (primary N) is 2. The number of methoxy groups -OCH3 is 6. The van der Waals surface area contributed by atoms with Crippen molar-refractivity contribution in [2.75, 3.05) is 55.7 Å². The summed E-state index contributed by atoms with van der Waals surface area (Å²) in [6.45, 7) is 14.2. The number of amidine groups is 2. The number of nitrogens with zero attached hydrogens (tertiary/aromatic N) is 2. The van der Waals surface area contributed by atoms with E-state index in [9.17, 15) is 38.4 Å². The van der Waals surface area contributed by atoms with E-state index in [1.54, 1.807) is 42.3 Å². The van der Waals surface area contributed by atoms with E-state index in [1.807, 2.05) is 127 Å². The molecule has 0 saturated carbocycles. The van der Waals surface area contributed by atoms with Gasteiger partial charge in [0.15, 0.2) is 0 Å². The quantitative estimate of drug-likeness (QED) is 0.00593. The molecule has 1 aliphatic heterocycles. The van der Waals surface area contributed by atoms with E-state index in [1.165, 1.54) is 34.1 Å². The Morgan fingerprint density at radius 2 is 1.03 bits per heavy atom. The van der Waals surface area contributed by atoms with Crippen molar-refractivity contribution in [2.24, 2.45) is 21.5 Å². The van der Waals surface area contributed by atoms with Crippen LogP contribution in [0.25, 0.3) is 65.3 Å². The van der Waals surface area contributed by atoms with E-state index >= 15 is 0 Å². The summed E-state index contributed by atoms with van der Waals surface area (Å²) in [6, 6.07) is 33.5. The van der Waals surface area contributed by atoms with Gasteiger partial charge in [0.05, 0.1) is 54.3 Å². The fourth-order valence-corrected chi connectivity index (χ4v) is 13.6. The van der Waals surface area contributed by atoms with Crippen LogP contribution in [0.5, 0.6) is 23.0 Å². The molecule has 8 aromatic carbocycles. The molecule has 0 saturated heterocycles. The number of carbonyl (C=O) groups excluding carboxylic acids is 8. The zero-order valence-corrected chi connectivity index (χ0v) is 65.1. The number of rotatable bonds is 27. The minimum Gasteiger partial charge on any atom is -0.496 e. The molecule has 4 bridgehead atoms. The molecule has 0 aromatic heterocycles. The Morgan fingerprint density at radius 1 is 0.550 bits per heavy atom. The van der Waals surface area contributed by atoms with E-state index in [0.717, 1.165) is 76.5 Å². The molecule has 1 aliphatic rings. The van der Waals surface area contributed by atoms with Crippen LogP contribution < -0.4 is 62.3 Å². The van der Waals surface area contributed by atoms with Gasteiger partial charge in [0.1, 0.15) is 59.2 Å². The van der Waals surface area contributed by atoms with Crippen molar-refractivity contribution in [2.45, 2.75) is 128 Å². The largest absolute Gasteiger partial charge is 0.496 e. The molecular weight excluding hydrogens is 1470 g/mol. The Bertz CT molecular complexity index is 4760. The summed E-state index contributed by atoms with van der Waals surface area (Å²) in [5, 5.41) is 24.1. The predicted molar refractivity (Wildman–Crippen MR) is 423 cm³/mol. The second-order valence-corrected chi connectivity index (χ2v) is 26.1. The molecule has 9 rings (SSSR count). The molecule has 6 atom stereocenters. The maximum absolute atomic E-state index is 14.2. The Hall–Kier alpha value is -11.5. The minimum absolute atomic E-state index is 0. The number of allylic oxidation sites excluding steroid dienone is 2. The van der Waals surface area contributed by atoms with E-state index in [0.29, 0.717) is 84.6 Å². The van der Waals surface area contributed by atoms with Crippen LogP contribution in [0, 0.1) is 0 Å². The van der Waals surface area contributed by atoms with Crippen LogP contribution in [-0.4, -0.2) is 151 Å². The van der Waals surface area contributed by atoms with Crippen molar-refractivity contribution in [3.63, 3.8) is 0 Å². The van der Waals surface area contributed by atoms with Gasteiger partial charge in [0.2, 0.25) is 35.4 Å². The standard InChI is InChI=1S/C43H51N5O7.C41H47N5O7.Ru/c1-8-15-30-23-28-17-10-12-19-32(28)37(39(30)53-5)38-33-20-13-11-18-29(33)24-31(40(38)54-6)25-36(46-27(4)49)42(51)47-34(21-14-22-45-26(3)44)41(50)48-35(16-9-2)43(52)55-7;1-24(42)43-20-12-19-32-39(48)46-33(41(50)53-5)18-11-8-15-28-21-26-13-6-9-16-30(26)35(37(28)51-3)36-31-17-10-7-14-27(31)22-29(38(36)52-4)23-34(40(49)45-32)44-25(2)47;/h8-13,17-20,23-24,34-36H,1-2,14-16,21-22,25H2,3-7H3,(H2,44,45)(H,46,49)(H,47,51)(H,48,50);6-11,13-14,16-17,21-22,32-34H,12,15,18-20,23H2,1-5H3,(H2,42,43)(H,44,47)(H,45,49)(H,46,48);/t34-,35-,36?;32-,33-,34?;/m00./s1. The van der Waals surface area contributed by atoms with Crippen LogP contribution in [0.2, 0.25) is 0 Å². The fraction of sp³-hybridized carbons (Fsp3) is 0.333. The molecule has 8 aromatic rings. The topological polar surface area (TPSA) is 341 Å². The number of benzene rings is 8. The van der Waals surface area contributed by atoms with Gasteiger partial charge in [0.25, 0.3) is 0 Å². The van der Waals surface area contributed by atoms with Gasteiger partial charge in [-0.05, 0) is 155 Å². The number of fused-ring (bicyclic) bond motifs is 11. The summed E-state index contributed by atoms with van der Waals surface area (Å²) in [5.41, 5.74) is 17.7. The second-order valence-electron chi connectivity index (χ2n) is 26.1. The Balaban J connectivity index is 0.000000301. The molecule has 0 fully saturated rings. The third-order valence-corrected chi connectivity index (χ3v) is 18.4. The van der Waals surface area contributed by atoms with Crippen LogP contribution in [0.1, 0.15) is 88.5 Å². The molecule has 24 nitrogen and oxygen atoms in total. The van der Waals surface area contributed by atoms with E-state index in [2.05, 4.69) is 67.2 Å². The van der Waals surface area contributed by atoms with Crippen LogP contribution in [-0.2, 0) is 93.0 Å². The third-order valence-electron chi connectivity index (χ3n) is 18.4. The maximum atomic E-state index is 14.2. The molecule has 0 radical (unpaired) electrons. The molecule has 0 aliphatic carbocycles. The van der Waals surface area contributed by atoms with E-state index in [4.69, 9.17) is 39.9 Å². The number of carbonyl (C=O) groups is 8. The first-order chi connectivity index (χ1) is 52.0. The summed E-state index contributed by atoms with van der Waals surface area (Å²) >= 11 is 0. The Morgan fingerprint density at radius 3 is 1.52 bits per heavy atom. The van der Waals surface area contributed by atoms with Crippen LogP contribution >= 0.6 is 0 Å². The van der Waals surface area contributed by atoms with Crippen molar-refractivity contribution in [1.82, 2.24) is 31.9 Å². The summed E-state index contributed by atoms with van der Waals surface area (Å²) < 4.78 is 34.7. The molecule has 1 heterocycles. The second kappa shape index (κ2) is 41.0. The first-order valence-corrected chi connectivity index (χ1v) is 35.7. The molecule has 0 spiro atoms.